The summed E-state index contributed by atoms with van der Waals surface area (Å²) in [6.07, 6.45) is -0.698. The quantitative estimate of drug-likeness (QED) is 0.609. The average Bonchev–Trinajstić information content (AvgIpc) is 3.17. The summed E-state index contributed by atoms with van der Waals surface area (Å²) in [5.41, 5.74) is 2.23. The van der Waals surface area contributed by atoms with Crippen molar-refractivity contribution in [3.63, 3.8) is 0 Å². The predicted octanol–water partition coefficient (Wildman–Crippen LogP) is 3.98. The van der Waals surface area contributed by atoms with Gasteiger partial charge in [-0.25, -0.2) is 4.79 Å². The van der Waals surface area contributed by atoms with Crippen molar-refractivity contribution in [2.24, 2.45) is 0 Å². The largest absolute Gasteiger partial charge is 0.493 e. The van der Waals surface area contributed by atoms with Gasteiger partial charge in [0.1, 0.15) is 0 Å². The number of hydrogen-bond donors (Lipinski definition) is 0. The second-order valence-corrected chi connectivity index (χ2v) is 5.93. The lowest BCUT2D eigenvalue weighted by Gasteiger charge is -2.11. The van der Waals surface area contributed by atoms with Crippen LogP contribution in [0.25, 0.3) is 11.5 Å². The number of carbonyl (C=O) groups excluding carboxylic acids is 1. The highest BCUT2D eigenvalue weighted by molar-refractivity contribution is 5.90. The van der Waals surface area contributed by atoms with Crippen LogP contribution in [0, 0.1) is 6.92 Å². The fourth-order valence-corrected chi connectivity index (χ4v) is 2.54. The molecule has 3 aromatic rings. The molecule has 1 heterocycles. The zero-order chi connectivity index (χ0) is 19.4. The van der Waals surface area contributed by atoms with Crippen LogP contribution in [0.4, 0.5) is 0 Å². The monoisotopic (exact) mass is 368 g/mol. The van der Waals surface area contributed by atoms with Crippen LogP contribution < -0.4 is 9.47 Å². The van der Waals surface area contributed by atoms with Crippen molar-refractivity contribution in [3.05, 3.63) is 59.5 Å². The summed E-state index contributed by atoms with van der Waals surface area (Å²) in [7, 11) is 3.03. The Morgan fingerprint density at radius 1 is 1.04 bits per heavy atom. The van der Waals surface area contributed by atoms with Crippen molar-refractivity contribution >= 4 is 5.97 Å². The molecule has 1 aromatic heterocycles. The molecule has 0 aliphatic heterocycles. The van der Waals surface area contributed by atoms with Gasteiger partial charge in [-0.05, 0) is 44.2 Å². The third-order valence-electron chi connectivity index (χ3n) is 3.96. The lowest BCUT2D eigenvalue weighted by molar-refractivity contribution is 0.0279. The van der Waals surface area contributed by atoms with E-state index in [9.17, 15) is 4.79 Å². The minimum Gasteiger partial charge on any atom is -0.493 e. The number of nitrogens with zero attached hydrogens (tertiary/aromatic N) is 2. The van der Waals surface area contributed by atoms with Crippen LogP contribution in [0.5, 0.6) is 11.5 Å². The van der Waals surface area contributed by atoms with Crippen LogP contribution in [-0.4, -0.2) is 30.4 Å². The van der Waals surface area contributed by atoms with Crippen molar-refractivity contribution in [3.8, 4) is 23.0 Å². The molecular formula is C20H20N2O5. The van der Waals surface area contributed by atoms with Gasteiger partial charge in [-0.15, -0.1) is 10.2 Å². The standard InChI is InChI=1S/C20H20N2O5/c1-12-6-5-7-14(10-12)19-22-21-18(27-19)13(2)26-20(23)15-8-9-16(24-3)17(11-15)25-4/h5-11,13H,1-4H3. The molecule has 0 aliphatic rings. The molecule has 0 fully saturated rings. The van der Waals surface area contributed by atoms with E-state index in [0.717, 1.165) is 11.1 Å². The van der Waals surface area contributed by atoms with Gasteiger partial charge in [0.15, 0.2) is 17.6 Å². The third-order valence-corrected chi connectivity index (χ3v) is 3.96. The fourth-order valence-electron chi connectivity index (χ4n) is 2.54. The maximum Gasteiger partial charge on any atom is 0.339 e. The molecular weight excluding hydrogens is 348 g/mol. The summed E-state index contributed by atoms with van der Waals surface area (Å²) in [6, 6.07) is 12.5. The van der Waals surface area contributed by atoms with Gasteiger partial charge < -0.3 is 18.6 Å². The van der Waals surface area contributed by atoms with E-state index in [1.54, 1.807) is 25.1 Å². The van der Waals surface area contributed by atoms with E-state index >= 15 is 0 Å². The number of ether oxygens (including phenoxy) is 3. The van der Waals surface area contributed by atoms with Gasteiger partial charge in [0.05, 0.1) is 19.8 Å². The maximum atomic E-state index is 12.4. The molecule has 1 unspecified atom stereocenters. The van der Waals surface area contributed by atoms with Crippen LogP contribution in [0.15, 0.2) is 46.9 Å². The molecule has 0 saturated heterocycles. The molecule has 27 heavy (non-hydrogen) atoms. The highest BCUT2D eigenvalue weighted by Gasteiger charge is 2.21. The van der Waals surface area contributed by atoms with Gasteiger partial charge in [0.25, 0.3) is 5.89 Å². The van der Waals surface area contributed by atoms with Crippen LogP contribution in [-0.2, 0) is 4.74 Å². The number of rotatable bonds is 6. The zero-order valence-electron chi connectivity index (χ0n) is 15.6. The van der Waals surface area contributed by atoms with Crippen molar-refractivity contribution in [2.45, 2.75) is 20.0 Å². The molecule has 1 atom stereocenters. The van der Waals surface area contributed by atoms with E-state index < -0.39 is 12.1 Å². The van der Waals surface area contributed by atoms with E-state index in [0.29, 0.717) is 23.0 Å². The Kier molecular flexibility index (Phi) is 5.40. The van der Waals surface area contributed by atoms with Crippen LogP contribution in [0.1, 0.15) is 34.8 Å². The number of aryl methyl sites for hydroxylation is 1. The maximum absolute atomic E-state index is 12.4. The summed E-state index contributed by atoms with van der Waals surface area (Å²) in [5.74, 6) is 1.04. The molecule has 140 valence electrons. The zero-order valence-corrected chi connectivity index (χ0v) is 15.6. The summed E-state index contributed by atoms with van der Waals surface area (Å²) < 4.78 is 21.5. The van der Waals surface area contributed by atoms with Gasteiger partial charge in [-0.2, -0.15) is 0 Å². The molecule has 0 amide bonds. The molecule has 7 nitrogen and oxygen atoms in total. The molecule has 0 spiro atoms. The van der Waals surface area contributed by atoms with Crippen LogP contribution >= 0.6 is 0 Å². The normalized spacial score (nSPS) is 11.7. The number of hydrogen-bond acceptors (Lipinski definition) is 7. The Morgan fingerprint density at radius 3 is 2.52 bits per heavy atom. The molecule has 0 aliphatic carbocycles. The minimum atomic E-state index is -0.698. The number of methoxy groups -OCH3 is 2. The third kappa shape index (κ3) is 4.08. The summed E-state index contributed by atoms with van der Waals surface area (Å²) in [4.78, 5) is 12.4. The van der Waals surface area contributed by atoms with Gasteiger partial charge in [-0.1, -0.05) is 17.7 Å². The molecule has 0 saturated carbocycles. The van der Waals surface area contributed by atoms with Gasteiger partial charge in [0.2, 0.25) is 5.89 Å². The molecule has 0 bridgehead atoms. The minimum absolute atomic E-state index is 0.223. The topological polar surface area (TPSA) is 83.7 Å². The van der Waals surface area contributed by atoms with Crippen molar-refractivity contribution in [2.75, 3.05) is 14.2 Å². The number of carbonyl (C=O) groups is 1. The highest BCUT2D eigenvalue weighted by atomic mass is 16.6. The Bertz CT molecular complexity index is 951. The van der Waals surface area contributed by atoms with E-state index in [-0.39, 0.29) is 5.89 Å². The van der Waals surface area contributed by atoms with Crippen molar-refractivity contribution in [1.29, 1.82) is 0 Å². The van der Waals surface area contributed by atoms with Gasteiger partial charge in [-0.3, -0.25) is 0 Å². The summed E-state index contributed by atoms with van der Waals surface area (Å²) in [6.45, 7) is 3.65. The van der Waals surface area contributed by atoms with Crippen LogP contribution in [0.2, 0.25) is 0 Å². The number of benzene rings is 2. The molecule has 7 heteroatoms. The number of aromatic nitrogens is 2. The Balaban J connectivity index is 1.74. The second kappa shape index (κ2) is 7.90. The Morgan fingerprint density at radius 2 is 1.81 bits per heavy atom. The Labute approximate surface area is 156 Å². The predicted molar refractivity (Wildman–Crippen MR) is 97.8 cm³/mol. The van der Waals surface area contributed by atoms with E-state index in [2.05, 4.69) is 10.2 Å². The summed E-state index contributed by atoms with van der Waals surface area (Å²) in [5, 5.41) is 8.03. The lowest BCUT2D eigenvalue weighted by atomic mass is 10.1. The Hall–Kier alpha value is -3.35. The number of esters is 1. The van der Waals surface area contributed by atoms with Crippen LogP contribution in [0.3, 0.4) is 0 Å². The SMILES string of the molecule is COc1ccc(C(=O)OC(C)c2nnc(-c3cccc(C)c3)o2)cc1OC. The lowest BCUT2D eigenvalue weighted by Crippen LogP contribution is -2.10. The average molecular weight is 368 g/mol. The smallest absolute Gasteiger partial charge is 0.339 e. The fraction of sp³-hybridized carbons (Fsp3) is 0.250. The molecule has 2 aromatic carbocycles. The van der Waals surface area contributed by atoms with Gasteiger partial charge >= 0.3 is 5.97 Å². The first-order valence-corrected chi connectivity index (χ1v) is 8.35. The van der Waals surface area contributed by atoms with Crippen molar-refractivity contribution < 1.29 is 23.4 Å². The van der Waals surface area contributed by atoms with E-state index in [4.69, 9.17) is 18.6 Å². The molecule has 0 N–H and O–H groups in total. The first kappa shape index (κ1) is 18.4. The second-order valence-electron chi connectivity index (χ2n) is 5.93. The van der Waals surface area contributed by atoms with Crippen molar-refractivity contribution in [1.82, 2.24) is 10.2 Å². The summed E-state index contributed by atoms with van der Waals surface area (Å²) >= 11 is 0. The highest BCUT2D eigenvalue weighted by Crippen LogP contribution is 2.29. The van der Waals surface area contributed by atoms with E-state index in [1.165, 1.54) is 14.2 Å². The first-order chi connectivity index (χ1) is 13.0. The first-order valence-electron chi connectivity index (χ1n) is 8.35. The van der Waals surface area contributed by atoms with E-state index in [1.807, 2.05) is 31.2 Å². The molecule has 3 rings (SSSR count). The molecule has 0 radical (unpaired) electrons. The van der Waals surface area contributed by atoms with Gasteiger partial charge in [0, 0.05) is 5.56 Å².